The summed E-state index contributed by atoms with van der Waals surface area (Å²) in [6.45, 7) is 5.42. The number of hydrogen-bond donors (Lipinski definition) is 2. The average Bonchev–Trinajstić information content (AvgIpc) is 2.62. The van der Waals surface area contributed by atoms with Gasteiger partial charge in [-0.3, -0.25) is 0 Å². The van der Waals surface area contributed by atoms with Gasteiger partial charge in [0.05, 0.1) is 6.04 Å². The van der Waals surface area contributed by atoms with Gasteiger partial charge in [-0.2, -0.15) is 5.06 Å². The van der Waals surface area contributed by atoms with Crippen LogP contribution in [0.25, 0.3) is 6.08 Å². The molecule has 0 spiro atoms. The Bertz CT molecular complexity index is 920. The van der Waals surface area contributed by atoms with Crippen molar-refractivity contribution in [3.05, 3.63) is 70.8 Å². The minimum atomic E-state index is -0.615. The summed E-state index contributed by atoms with van der Waals surface area (Å²) in [5.74, 6) is 0.842. The number of rotatable bonds is 4. The Balaban J connectivity index is 1.89. The van der Waals surface area contributed by atoms with Crippen LogP contribution in [0.5, 0.6) is 5.75 Å². The van der Waals surface area contributed by atoms with Crippen molar-refractivity contribution < 1.29 is 18.8 Å². The molecule has 0 saturated carbocycles. The topological polar surface area (TPSA) is 76.8 Å². The summed E-state index contributed by atoms with van der Waals surface area (Å²) >= 11 is 0. The lowest BCUT2D eigenvalue weighted by Crippen LogP contribution is -2.36. The lowest BCUT2D eigenvalue weighted by molar-refractivity contribution is 0.00168. The van der Waals surface area contributed by atoms with Crippen LogP contribution in [0.15, 0.2) is 48.3 Å². The molecule has 1 aliphatic rings. The van der Waals surface area contributed by atoms with Gasteiger partial charge in [0.2, 0.25) is 0 Å². The predicted octanol–water partition coefficient (Wildman–Crippen LogP) is 4.13. The summed E-state index contributed by atoms with van der Waals surface area (Å²) in [7, 11) is 1.73. The molecular formula is C22H26FN3O3. The standard InChI is InChI=1S/C22H26FN3O3/c1-22(2,3)28-21(27)25-18(11-14-5-8-17(23)9-6-14)15-7-10-19-16(12-15)13-20(24)26(4)29-19/h5-10,12-13,18H,11,24H2,1-4H3,(H,25,27). The molecule has 0 fully saturated rings. The molecule has 1 atom stereocenters. The van der Waals surface area contributed by atoms with E-state index in [1.165, 1.54) is 17.2 Å². The van der Waals surface area contributed by atoms with Crippen molar-refractivity contribution in [1.82, 2.24) is 10.4 Å². The molecule has 0 bridgehead atoms. The molecule has 0 aliphatic carbocycles. The number of nitrogens with two attached hydrogens (primary N) is 1. The van der Waals surface area contributed by atoms with E-state index in [4.69, 9.17) is 15.3 Å². The van der Waals surface area contributed by atoms with Crippen molar-refractivity contribution in [3.63, 3.8) is 0 Å². The van der Waals surface area contributed by atoms with Crippen molar-refractivity contribution in [3.8, 4) is 5.75 Å². The summed E-state index contributed by atoms with van der Waals surface area (Å²) < 4.78 is 18.7. The van der Waals surface area contributed by atoms with Gasteiger partial charge in [-0.1, -0.05) is 18.2 Å². The van der Waals surface area contributed by atoms with Gasteiger partial charge in [-0.25, -0.2) is 9.18 Å². The molecule has 1 amide bonds. The number of ether oxygens (including phenoxy) is 1. The molecule has 6 nitrogen and oxygen atoms in total. The number of benzene rings is 2. The zero-order valence-corrected chi connectivity index (χ0v) is 17.0. The summed E-state index contributed by atoms with van der Waals surface area (Å²) in [6, 6.07) is 11.5. The first-order chi connectivity index (χ1) is 13.6. The van der Waals surface area contributed by atoms with E-state index in [0.717, 1.165) is 16.7 Å². The molecule has 1 heterocycles. The Hall–Kier alpha value is -3.22. The third-order valence-electron chi connectivity index (χ3n) is 4.38. The zero-order valence-electron chi connectivity index (χ0n) is 17.0. The first-order valence-electron chi connectivity index (χ1n) is 9.37. The van der Waals surface area contributed by atoms with Crippen LogP contribution in [0.2, 0.25) is 0 Å². The maximum atomic E-state index is 13.3. The van der Waals surface area contributed by atoms with Gasteiger partial charge in [-0.05, 0) is 68.7 Å². The Morgan fingerprint density at radius 2 is 1.93 bits per heavy atom. The van der Waals surface area contributed by atoms with Gasteiger partial charge in [0, 0.05) is 12.6 Å². The maximum Gasteiger partial charge on any atom is 0.408 e. The Morgan fingerprint density at radius 3 is 2.59 bits per heavy atom. The minimum absolute atomic E-state index is 0.305. The third-order valence-corrected chi connectivity index (χ3v) is 4.38. The second-order valence-corrected chi connectivity index (χ2v) is 7.98. The number of carbonyl (C=O) groups is 1. The fraction of sp³-hybridized carbons (Fsp3) is 0.318. The zero-order chi connectivity index (χ0) is 21.2. The summed E-state index contributed by atoms with van der Waals surface area (Å²) in [5.41, 5.74) is 7.88. The normalized spacial score (nSPS) is 14.4. The maximum absolute atomic E-state index is 13.3. The molecular weight excluding hydrogens is 373 g/mol. The molecule has 0 saturated heterocycles. The Kier molecular flexibility index (Phi) is 5.68. The highest BCUT2D eigenvalue weighted by Gasteiger charge is 2.23. The Labute approximate surface area is 170 Å². The molecule has 2 aromatic rings. The van der Waals surface area contributed by atoms with Crippen LogP contribution in [0.3, 0.4) is 0 Å². The van der Waals surface area contributed by atoms with Crippen LogP contribution >= 0.6 is 0 Å². The first kappa shape index (κ1) is 20.5. The van der Waals surface area contributed by atoms with E-state index in [9.17, 15) is 9.18 Å². The molecule has 7 heteroatoms. The van der Waals surface area contributed by atoms with Crippen molar-refractivity contribution in [2.45, 2.75) is 38.8 Å². The lowest BCUT2D eigenvalue weighted by atomic mass is 9.96. The highest BCUT2D eigenvalue weighted by atomic mass is 19.1. The number of hydrogen-bond acceptors (Lipinski definition) is 5. The van der Waals surface area contributed by atoms with E-state index in [1.54, 1.807) is 19.2 Å². The van der Waals surface area contributed by atoms with E-state index in [1.807, 2.05) is 45.0 Å². The van der Waals surface area contributed by atoms with Gasteiger partial charge in [0.25, 0.3) is 0 Å². The van der Waals surface area contributed by atoms with Crippen molar-refractivity contribution in [2.75, 3.05) is 7.05 Å². The van der Waals surface area contributed by atoms with Crippen LogP contribution < -0.4 is 15.9 Å². The average molecular weight is 399 g/mol. The molecule has 0 radical (unpaired) electrons. The molecule has 3 rings (SSSR count). The third kappa shape index (κ3) is 5.40. The van der Waals surface area contributed by atoms with Crippen LogP contribution in [0.1, 0.15) is 43.5 Å². The van der Waals surface area contributed by atoms with Gasteiger partial charge >= 0.3 is 6.09 Å². The quantitative estimate of drug-likeness (QED) is 0.808. The van der Waals surface area contributed by atoms with E-state index < -0.39 is 11.7 Å². The van der Waals surface area contributed by atoms with E-state index in [0.29, 0.717) is 18.0 Å². The molecule has 1 unspecified atom stereocenters. The van der Waals surface area contributed by atoms with Crippen LogP contribution in [0, 0.1) is 5.82 Å². The highest BCUT2D eigenvalue weighted by Crippen LogP contribution is 2.30. The van der Waals surface area contributed by atoms with E-state index in [2.05, 4.69) is 5.32 Å². The van der Waals surface area contributed by atoms with Crippen LogP contribution in [-0.4, -0.2) is 23.8 Å². The minimum Gasteiger partial charge on any atom is -0.444 e. The van der Waals surface area contributed by atoms with E-state index in [-0.39, 0.29) is 11.9 Å². The van der Waals surface area contributed by atoms with Gasteiger partial charge in [-0.15, -0.1) is 0 Å². The number of fused-ring (bicyclic) bond motifs is 1. The van der Waals surface area contributed by atoms with Gasteiger partial charge in [0.1, 0.15) is 17.2 Å². The lowest BCUT2D eigenvalue weighted by Gasteiger charge is -2.27. The van der Waals surface area contributed by atoms with Crippen molar-refractivity contribution in [1.29, 1.82) is 0 Å². The van der Waals surface area contributed by atoms with Crippen molar-refractivity contribution >= 4 is 12.2 Å². The fourth-order valence-corrected chi connectivity index (χ4v) is 2.99. The largest absolute Gasteiger partial charge is 0.444 e. The second kappa shape index (κ2) is 8.03. The summed E-state index contributed by atoms with van der Waals surface area (Å²) in [4.78, 5) is 18.1. The Morgan fingerprint density at radius 1 is 1.24 bits per heavy atom. The number of hydroxylamine groups is 2. The number of alkyl carbamates (subject to hydrolysis) is 1. The molecule has 1 aliphatic heterocycles. The molecule has 29 heavy (non-hydrogen) atoms. The van der Waals surface area contributed by atoms with Crippen LogP contribution in [0.4, 0.5) is 9.18 Å². The van der Waals surface area contributed by atoms with Crippen LogP contribution in [-0.2, 0) is 11.2 Å². The summed E-state index contributed by atoms with van der Waals surface area (Å²) in [6.07, 6.45) is 1.76. The first-order valence-corrected chi connectivity index (χ1v) is 9.37. The van der Waals surface area contributed by atoms with Gasteiger partial charge < -0.3 is 20.6 Å². The fourth-order valence-electron chi connectivity index (χ4n) is 2.99. The molecule has 3 N–H and O–H groups in total. The SMILES string of the molecule is CN1Oc2ccc(C(Cc3ccc(F)cc3)NC(=O)OC(C)(C)C)cc2C=C1N. The smallest absolute Gasteiger partial charge is 0.408 e. The number of nitrogens with zero attached hydrogens (tertiary/aromatic N) is 1. The monoisotopic (exact) mass is 399 g/mol. The number of halogens is 1. The predicted molar refractivity (Wildman–Crippen MR) is 109 cm³/mol. The molecule has 0 aromatic heterocycles. The van der Waals surface area contributed by atoms with E-state index >= 15 is 0 Å². The summed E-state index contributed by atoms with van der Waals surface area (Å²) in [5, 5.41) is 4.40. The number of amides is 1. The second-order valence-electron chi connectivity index (χ2n) is 7.98. The van der Waals surface area contributed by atoms with Gasteiger partial charge in [0.15, 0.2) is 5.75 Å². The number of carbonyl (C=O) groups excluding carboxylic acids is 1. The molecule has 2 aromatic carbocycles. The molecule has 154 valence electrons. The van der Waals surface area contributed by atoms with Crippen molar-refractivity contribution in [2.24, 2.45) is 5.73 Å². The number of nitrogens with one attached hydrogen (secondary N) is 1. The highest BCUT2D eigenvalue weighted by molar-refractivity contribution is 5.69.